The standard InChI is InChI=1S/C20H23NO/c1-13-11-15(3)18(12-14(13)2)20(22)21-19-10-6-8-16-7-4-5-9-17(16)19/h4-5,7,9,11-12,19H,6,8,10H2,1-3H3,(H,21,22)/t19-/m1/s1. The number of nitrogens with one attached hydrogen (secondary N) is 1. The monoisotopic (exact) mass is 293 g/mol. The molecule has 0 spiro atoms. The molecule has 3 rings (SSSR count). The Morgan fingerprint density at radius 2 is 1.77 bits per heavy atom. The SMILES string of the molecule is Cc1cc(C)c(C(=O)N[C@@H]2CCCc3ccccc32)cc1C. The molecular formula is C20H23NO. The van der Waals surface area contributed by atoms with Crippen molar-refractivity contribution in [3.8, 4) is 0 Å². The molecule has 1 aliphatic rings. The molecule has 0 radical (unpaired) electrons. The van der Waals surface area contributed by atoms with E-state index in [1.807, 2.05) is 13.0 Å². The van der Waals surface area contributed by atoms with Gasteiger partial charge in [-0.25, -0.2) is 0 Å². The topological polar surface area (TPSA) is 29.1 Å². The van der Waals surface area contributed by atoms with Crippen molar-refractivity contribution in [2.75, 3.05) is 0 Å². The highest BCUT2D eigenvalue weighted by molar-refractivity contribution is 5.96. The lowest BCUT2D eigenvalue weighted by Crippen LogP contribution is -2.31. The Hall–Kier alpha value is -2.09. The number of fused-ring (bicyclic) bond motifs is 1. The summed E-state index contributed by atoms with van der Waals surface area (Å²) in [6.45, 7) is 6.15. The van der Waals surface area contributed by atoms with Gasteiger partial charge in [-0.1, -0.05) is 30.3 Å². The fourth-order valence-corrected chi connectivity index (χ4v) is 3.35. The van der Waals surface area contributed by atoms with Gasteiger partial charge in [-0.2, -0.15) is 0 Å². The Balaban J connectivity index is 1.85. The van der Waals surface area contributed by atoms with E-state index in [0.717, 1.165) is 30.4 Å². The zero-order valence-electron chi connectivity index (χ0n) is 13.6. The normalized spacial score (nSPS) is 17.0. The molecular weight excluding hydrogens is 270 g/mol. The van der Waals surface area contributed by atoms with Crippen molar-refractivity contribution in [1.82, 2.24) is 5.32 Å². The molecule has 0 fully saturated rings. The lowest BCUT2D eigenvalue weighted by molar-refractivity contribution is 0.0932. The minimum Gasteiger partial charge on any atom is -0.345 e. The van der Waals surface area contributed by atoms with Crippen LogP contribution in [0.4, 0.5) is 0 Å². The van der Waals surface area contributed by atoms with E-state index in [0.29, 0.717) is 0 Å². The zero-order valence-corrected chi connectivity index (χ0v) is 13.6. The molecule has 0 unspecified atom stereocenters. The van der Waals surface area contributed by atoms with Gasteiger partial charge in [-0.15, -0.1) is 0 Å². The van der Waals surface area contributed by atoms with Crippen LogP contribution in [0.2, 0.25) is 0 Å². The Kier molecular flexibility index (Phi) is 4.02. The summed E-state index contributed by atoms with van der Waals surface area (Å²) in [4.78, 5) is 12.7. The second kappa shape index (κ2) is 5.96. The van der Waals surface area contributed by atoms with Crippen LogP contribution in [0.15, 0.2) is 36.4 Å². The number of hydrogen-bond acceptors (Lipinski definition) is 1. The summed E-state index contributed by atoms with van der Waals surface area (Å²) in [6.07, 6.45) is 3.27. The van der Waals surface area contributed by atoms with E-state index in [1.54, 1.807) is 0 Å². The predicted octanol–water partition coefficient (Wildman–Crippen LogP) is 4.42. The van der Waals surface area contributed by atoms with Crippen molar-refractivity contribution in [3.63, 3.8) is 0 Å². The molecule has 2 heteroatoms. The van der Waals surface area contributed by atoms with E-state index < -0.39 is 0 Å². The van der Waals surface area contributed by atoms with Crippen LogP contribution in [-0.2, 0) is 6.42 Å². The molecule has 0 saturated carbocycles. The second-order valence-electron chi connectivity index (χ2n) is 6.37. The summed E-state index contributed by atoms with van der Waals surface area (Å²) in [6, 6.07) is 12.7. The zero-order chi connectivity index (χ0) is 15.7. The molecule has 2 nitrogen and oxygen atoms in total. The van der Waals surface area contributed by atoms with Gasteiger partial charge in [-0.05, 0) is 73.9 Å². The van der Waals surface area contributed by atoms with Crippen LogP contribution in [0.3, 0.4) is 0 Å². The summed E-state index contributed by atoms with van der Waals surface area (Å²) in [5, 5.41) is 3.24. The highest BCUT2D eigenvalue weighted by atomic mass is 16.1. The Labute approximate surface area is 132 Å². The Morgan fingerprint density at radius 1 is 1.05 bits per heavy atom. The largest absolute Gasteiger partial charge is 0.345 e. The van der Waals surface area contributed by atoms with Crippen molar-refractivity contribution in [2.45, 2.75) is 46.1 Å². The predicted molar refractivity (Wildman–Crippen MR) is 90.2 cm³/mol. The van der Waals surface area contributed by atoms with Gasteiger partial charge in [0.05, 0.1) is 6.04 Å². The van der Waals surface area contributed by atoms with Crippen molar-refractivity contribution in [1.29, 1.82) is 0 Å². The van der Waals surface area contributed by atoms with Gasteiger partial charge in [-0.3, -0.25) is 4.79 Å². The van der Waals surface area contributed by atoms with Gasteiger partial charge < -0.3 is 5.32 Å². The number of hydrogen-bond donors (Lipinski definition) is 1. The molecule has 1 aliphatic carbocycles. The van der Waals surface area contributed by atoms with Gasteiger partial charge in [0.15, 0.2) is 0 Å². The van der Waals surface area contributed by atoms with Gasteiger partial charge in [0.2, 0.25) is 0 Å². The molecule has 0 heterocycles. The summed E-state index contributed by atoms with van der Waals surface area (Å²) < 4.78 is 0. The minimum absolute atomic E-state index is 0.0438. The second-order valence-corrected chi connectivity index (χ2v) is 6.37. The lowest BCUT2D eigenvalue weighted by atomic mass is 9.87. The average Bonchev–Trinajstić information content (AvgIpc) is 2.51. The number of amides is 1. The van der Waals surface area contributed by atoms with Gasteiger partial charge in [0, 0.05) is 5.56 Å². The highest BCUT2D eigenvalue weighted by Crippen LogP contribution is 2.30. The number of aryl methyl sites for hydroxylation is 4. The summed E-state index contributed by atoms with van der Waals surface area (Å²) in [5.74, 6) is 0.0438. The van der Waals surface area contributed by atoms with E-state index in [-0.39, 0.29) is 11.9 Å². The number of benzene rings is 2. The molecule has 1 amide bonds. The molecule has 0 aliphatic heterocycles. The van der Waals surface area contributed by atoms with Crippen LogP contribution in [0.5, 0.6) is 0 Å². The molecule has 2 aromatic rings. The molecule has 22 heavy (non-hydrogen) atoms. The van der Waals surface area contributed by atoms with Gasteiger partial charge >= 0.3 is 0 Å². The third kappa shape index (κ3) is 2.78. The fourth-order valence-electron chi connectivity index (χ4n) is 3.35. The number of carbonyl (C=O) groups is 1. The van der Waals surface area contributed by atoms with Crippen molar-refractivity contribution in [3.05, 3.63) is 69.8 Å². The Bertz CT molecular complexity index is 718. The van der Waals surface area contributed by atoms with Crippen LogP contribution in [0.25, 0.3) is 0 Å². The summed E-state index contributed by atoms with van der Waals surface area (Å²) in [7, 11) is 0. The third-order valence-corrected chi connectivity index (χ3v) is 4.76. The first kappa shape index (κ1) is 14.8. The van der Waals surface area contributed by atoms with Crippen LogP contribution >= 0.6 is 0 Å². The minimum atomic E-state index is 0.0438. The Morgan fingerprint density at radius 3 is 2.59 bits per heavy atom. The first-order valence-electron chi connectivity index (χ1n) is 8.03. The maximum atomic E-state index is 12.7. The van der Waals surface area contributed by atoms with Crippen molar-refractivity contribution >= 4 is 5.91 Å². The highest BCUT2D eigenvalue weighted by Gasteiger charge is 2.22. The summed E-state index contributed by atoms with van der Waals surface area (Å²) >= 11 is 0. The molecule has 1 N–H and O–H groups in total. The number of carbonyl (C=O) groups excluding carboxylic acids is 1. The van der Waals surface area contributed by atoms with Crippen LogP contribution in [-0.4, -0.2) is 5.91 Å². The smallest absolute Gasteiger partial charge is 0.252 e. The number of rotatable bonds is 2. The van der Waals surface area contributed by atoms with E-state index in [9.17, 15) is 4.79 Å². The quantitative estimate of drug-likeness (QED) is 0.872. The first-order chi connectivity index (χ1) is 10.6. The van der Waals surface area contributed by atoms with E-state index in [2.05, 4.69) is 49.5 Å². The van der Waals surface area contributed by atoms with Crippen LogP contribution in [0, 0.1) is 20.8 Å². The summed E-state index contributed by atoms with van der Waals surface area (Å²) in [5.41, 5.74) is 6.90. The molecule has 0 aromatic heterocycles. The van der Waals surface area contributed by atoms with Gasteiger partial charge in [0.1, 0.15) is 0 Å². The van der Waals surface area contributed by atoms with Crippen LogP contribution < -0.4 is 5.32 Å². The third-order valence-electron chi connectivity index (χ3n) is 4.76. The van der Waals surface area contributed by atoms with Crippen molar-refractivity contribution in [2.24, 2.45) is 0 Å². The molecule has 2 aromatic carbocycles. The lowest BCUT2D eigenvalue weighted by Gasteiger charge is -2.26. The van der Waals surface area contributed by atoms with E-state index in [4.69, 9.17) is 0 Å². The first-order valence-corrected chi connectivity index (χ1v) is 8.03. The van der Waals surface area contributed by atoms with Crippen LogP contribution in [0.1, 0.15) is 57.1 Å². The maximum absolute atomic E-state index is 12.7. The maximum Gasteiger partial charge on any atom is 0.252 e. The fraction of sp³-hybridized carbons (Fsp3) is 0.350. The van der Waals surface area contributed by atoms with Gasteiger partial charge in [0.25, 0.3) is 5.91 Å². The van der Waals surface area contributed by atoms with E-state index in [1.165, 1.54) is 22.3 Å². The van der Waals surface area contributed by atoms with Crippen molar-refractivity contribution < 1.29 is 4.79 Å². The molecule has 0 bridgehead atoms. The molecule has 114 valence electrons. The average molecular weight is 293 g/mol. The molecule has 0 saturated heterocycles. The molecule has 1 atom stereocenters. The van der Waals surface area contributed by atoms with E-state index >= 15 is 0 Å².